The highest BCUT2D eigenvalue weighted by Gasteiger charge is 2.20. The van der Waals surface area contributed by atoms with Gasteiger partial charge >= 0.3 is 0 Å². The highest BCUT2D eigenvalue weighted by Crippen LogP contribution is 2.17. The van der Waals surface area contributed by atoms with Crippen molar-refractivity contribution in [2.45, 2.75) is 57.5 Å². The number of rotatable bonds is 5. The zero-order valence-corrected chi connectivity index (χ0v) is 11.3. The van der Waals surface area contributed by atoms with E-state index in [0.29, 0.717) is 12.1 Å². The molecule has 3 heteroatoms. The topological polar surface area (TPSA) is 41.3 Å². The first-order chi connectivity index (χ1) is 8.24. The summed E-state index contributed by atoms with van der Waals surface area (Å²) in [6, 6.07) is 1.16. The second-order valence-corrected chi connectivity index (χ2v) is 6.10. The summed E-state index contributed by atoms with van der Waals surface area (Å²) in [6.07, 6.45) is 7.75. The van der Waals surface area contributed by atoms with Crippen LogP contribution in [-0.4, -0.2) is 43.2 Å². The Bertz CT molecular complexity index is 212. The van der Waals surface area contributed by atoms with Gasteiger partial charge in [-0.05, 0) is 70.6 Å². The fourth-order valence-corrected chi connectivity index (χ4v) is 3.10. The molecule has 0 aromatic heterocycles. The Morgan fingerprint density at radius 3 is 2.59 bits per heavy atom. The number of piperidine rings is 1. The predicted molar refractivity (Wildman–Crippen MR) is 73.1 cm³/mol. The molecule has 1 heterocycles. The highest BCUT2D eigenvalue weighted by atomic mass is 15.1. The van der Waals surface area contributed by atoms with Gasteiger partial charge in [0.15, 0.2) is 0 Å². The Hall–Kier alpha value is -0.120. The van der Waals surface area contributed by atoms with Crippen LogP contribution in [0.15, 0.2) is 0 Å². The summed E-state index contributed by atoms with van der Waals surface area (Å²) >= 11 is 0. The van der Waals surface area contributed by atoms with Crippen molar-refractivity contribution < 1.29 is 0 Å². The van der Waals surface area contributed by atoms with Gasteiger partial charge in [0.05, 0.1) is 0 Å². The lowest BCUT2D eigenvalue weighted by Crippen LogP contribution is -2.36. The summed E-state index contributed by atoms with van der Waals surface area (Å²) in [4.78, 5) is 2.63. The summed E-state index contributed by atoms with van der Waals surface area (Å²) < 4.78 is 0. The van der Waals surface area contributed by atoms with Crippen LogP contribution in [0, 0.1) is 5.92 Å². The summed E-state index contributed by atoms with van der Waals surface area (Å²) in [6.45, 7) is 7.45. The lowest BCUT2D eigenvalue weighted by atomic mass is 9.99. The van der Waals surface area contributed by atoms with Gasteiger partial charge in [-0.25, -0.2) is 0 Å². The number of nitrogens with one attached hydrogen (secondary N) is 1. The van der Waals surface area contributed by atoms with Gasteiger partial charge in [0.1, 0.15) is 0 Å². The Morgan fingerprint density at radius 1 is 1.18 bits per heavy atom. The molecule has 2 fully saturated rings. The Morgan fingerprint density at radius 2 is 1.94 bits per heavy atom. The first kappa shape index (κ1) is 13.3. The summed E-state index contributed by atoms with van der Waals surface area (Å²) in [5.74, 6) is 0.948. The molecule has 1 saturated heterocycles. The van der Waals surface area contributed by atoms with Crippen molar-refractivity contribution in [2.24, 2.45) is 11.7 Å². The predicted octanol–water partition coefficient (Wildman–Crippen LogP) is 1.58. The SMILES string of the molecule is CC1CCN(CCCNC2CCC(N)C2)CC1. The van der Waals surface area contributed by atoms with Gasteiger partial charge < -0.3 is 16.0 Å². The zero-order chi connectivity index (χ0) is 12.1. The number of likely N-dealkylation sites (tertiary alicyclic amines) is 1. The molecule has 0 aromatic carbocycles. The van der Waals surface area contributed by atoms with Crippen LogP contribution in [0.4, 0.5) is 0 Å². The number of hydrogen-bond acceptors (Lipinski definition) is 3. The third kappa shape index (κ3) is 4.57. The number of nitrogens with zero attached hydrogens (tertiary/aromatic N) is 1. The lowest BCUT2D eigenvalue weighted by molar-refractivity contribution is 0.190. The molecule has 2 aliphatic rings. The normalized spacial score (nSPS) is 32.1. The summed E-state index contributed by atoms with van der Waals surface area (Å²) in [5.41, 5.74) is 5.91. The monoisotopic (exact) mass is 239 g/mol. The van der Waals surface area contributed by atoms with E-state index in [0.717, 1.165) is 5.92 Å². The number of nitrogens with two attached hydrogens (primary N) is 1. The van der Waals surface area contributed by atoms with Crippen LogP contribution < -0.4 is 11.1 Å². The van der Waals surface area contributed by atoms with Crippen molar-refractivity contribution in [3.05, 3.63) is 0 Å². The molecular formula is C14H29N3. The van der Waals surface area contributed by atoms with Crippen molar-refractivity contribution >= 4 is 0 Å². The van der Waals surface area contributed by atoms with Gasteiger partial charge in [0.25, 0.3) is 0 Å². The van der Waals surface area contributed by atoms with E-state index in [4.69, 9.17) is 5.73 Å². The molecule has 1 aliphatic carbocycles. The van der Waals surface area contributed by atoms with Gasteiger partial charge in [-0.3, -0.25) is 0 Å². The van der Waals surface area contributed by atoms with E-state index in [9.17, 15) is 0 Å². The maximum atomic E-state index is 5.91. The first-order valence-electron chi connectivity index (χ1n) is 7.45. The molecule has 0 spiro atoms. The van der Waals surface area contributed by atoms with Crippen LogP contribution in [0.1, 0.15) is 45.4 Å². The first-order valence-corrected chi connectivity index (χ1v) is 7.45. The Kier molecular flexibility index (Phi) is 5.26. The van der Waals surface area contributed by atoms with Gasteiger partial charge in [0.2, 0.25) is 0 Å². The van der Waals surface area contributed by atoms with Crippen LogP contribution in [0.2, 0.25) is 0 Å². The molecule has 3 nitrogen and oxygen atoms in total. The zero-order valence-electron chi connectivity index (χ0n) is 11.3. The van der Waals surface area contributed by atoms with E-state index in [-0.39, 0.29) is 0 Å². The molecule has 2 rings (SSSR count). The maximum Gasteiger partial charge on any atom is 0.00823 e. The largest absolute Gasteiger partial charge is 0.328 e. The van der Waals surface area contributed by atoms with E-state index in [1.165, 1.54) is 64.7 Å². The van der Waals surface area contributed by atoms with Crippen molar-refractivity contribution in [2.75, 3.05) is 26.2 Å². The Labute approximate surface area is 106 Å². The van der Waals surface area contributed by atoms with Crippen LogP contribution in [-0.2, 0) is 0 Å². The standard InChI is InChI=1S/C14H29N3/c1-12-5-9-17(10-6-12)8-2-7-16-14-4-3-13(15)11-14/h12-14,16H,2-11,15H2,1H3. The molecule has 2 atom stereocenters. The molecule has 3 N–H and O–H groups in total. The van der Waals surface area contributed by atoms with E-state index < -0.39 is 0 Å². The van der Waals surface area contributed by atoms with E-state index in [1.54, 1.807) is 0 Å². The smallest absolute Gasteiger partial charge is 0.00823 e. The third-order valence-corrected chi connectivity index (χ3v) is 4.43. The summed E-state index contributed by atoms with van der Waals surface area (Å²) in [7, 11) is 0. The van der Waals surface area contributed by atoms with E-state index in [2.05, 4.69) is 17.1 Å². The minimum absolute atomic E-state index is 0.455. The average molecular weight is 239 g/mol. The fourth-order valence-electron chi connectivity index (χ4n) is 3.10. The fraction of sp³-hybridized carbons (Fsp3) is 1.00. The average Bonchev–Trinajstić information content (AvgIpc) is 2.73. The van der Waals surface area contributed by atoms with Crippen molar-refractivity contribution in [3.63, 3.8) is 0 Å². The maximum absolute atomic E-state index is 5.91. The molecule has 2 unspecified atom stereocenters. The second-order valence-electron chi connectivity index (χ2n) is 6.10. The molecule has 0 bridgehead atoms. The summed E-state index contributed by atoms with van der Waals surface area (Å²) in [5, 5.41) is 3.65. The number of hydrogen-bond donors (Lipinski definition) is 2. The van der Waals surface area contributed by atoms with E-state index >= 15 is 0 Å². The quantitative estimate of drug-likeness (QED) is 0.716. The third-order valence-electron chi connectivity index (χ3n) is 4.43. The van der Waals surface area contributed by atoms with Gasteiger partial charge in [-0.1, -0.05) is 6.92 Å². The second kappa shape index (κ2) is 6.72. The van der Waals surface area contributed by atoms with Crippen molar-refractivity contribution in [3.8, 4) is 0 Å². The van der Waals surface area contributed by atoms with Crippen LogP contribution in [0.25, 0.3) is 0 Å². The highest BCUT2D eigenvalue weighted by molar-refractivity contribution is 4.82. The molecule has 1 aliphatic heterocycles. The molecule has 1 saturated carbocycles. The molecule has 0 radical (unpaired) electrons. The van der Waals surface area contributed by atoms with E-state index in [1.807, 2.05) is 0 Å². The van der Waals surface area contributed by atoms with Crippen LogP contribution >= 0.6 is 0 Å². The molecule has 100 valence electrons. The minimum Gasteiger partial charge on any atom is -0.328 e. The van der Waals surface area contributed by atoms with Crippen LogP contribution in [0.5, 0.6) is 0 Å². The lowest BCUT2D eigenvalue weighted by Gasteiger charge is -2.30. The molecule has 17 heavy (non-hydrogen) atoms. The van der Waals surface area contributed by atoms with Gasteiger partial charge in [0, 0.05) is 12.1 Å². The minimum atomic E-state index is 0.455. The van der Waals surface area contributed by atoms with Crippen LogP contribution in [0.3, 0.4) is 0 Å². The molecule has 0 amide bonds. The van der Waals surface area contributed by atoms with Crippen molar-refractivity contribution in [1.82, 2.24) is 10.2 Å². The van der Waals surface area contributed by atoms with Gasteiger partial charge in [-0.15, -0.1) is 0 Å². The van der Waals surface area contributed by atoms with Crippen molar-refractivity contribution in [1.29, 1.82) is 0 Å². The molecule has 0 aromatic rings. The van der Waals surface area contributed by atoms with Gasteiger partial charge in [-0.2, -0.15) is 0 Å². The Balaban J connectivity index is 1.49. The molecular weight excluding hydrogens is 210 g/mol.